The summed E-state index contributed by atoms with van der Waals surface area (Å²) in [7, 11) is 0. The van der Waals surface area contributed by atoms with Crippen LogP contribution in [0.3, 0.4) is 0 Å². The van der Waals surface area contributed by atoms with Crippen molar-refractivity contribution in [3.05, 3.63) is 5.73 Å². The van der Waals surface area contributed by atoms with Gasteiger partial charge in [-0.2, -0.15) is 6.54 Å². The van der Waals surface area contributed by atoms with E-state index in [9.17, 15) is 0 Å². The third-order valence-electron chi connectivity index (χ3n) is 3.11. The van der Waals surface area contributed by atoms with Gasteiger partial charge < -0.3 is 5.73 Å². The summed E-state index contributed by atoms with van der Waals surface area (Å²) in [5, 5.41) is 2.85. The summed E-state index contributed by atoms with van der Waals surface area (Å²) < 4.78 is 0. The monoisotopic (exact) mass is 269 g/mol. The molecule has 0 aromatic carbocycles. The molecule has 0 spiro atoms. The Labute approximate surface area is 123 Å². The van der Waals surface area contributed by atoms with Crippen molar-refractivity contribution in [1.82, 2.24) is 0 Å². The fraction of sp³-hybridized carbons (Fsp3) is 1.00. The van der Waals surface area contributed by atoms with Crippen LogP contribution >= 0.6 is 0 Å². The molecule has 0 saturated heterocycles. The molecule has 0 atom stereocenters. The molecule has 108 valence electrons. The molecule has 0 bridgehead atoms. The fourth-order valence-electron chi connectivity index (χ4n) is 1.90. The van der Waals surface area contributed by atoms with Crippen molar-refractivity contribution < 1.29 is 0 Å². The number of hydrogen-bond donors (Lipinski definition) is 0. The zero-order valence-corrected chi connectivity index (χ0v) is 14.4. The molecule has 2 heteroatoms. The molecule has 0 aliphatic rings. The minimum atomic E-state index is 0.622. The summed E-state index contributed by atoms with van der Waals surface area (Å²) in [6.45, 7) is 7.38. The molecule has 0 amide bonds. The molecule has 0 radical (unpaired) electrons. The number of hydrogen-bond acceptors (Lipinski definition) is 0. The summed E-state index contributed by atoms with van der Waals surface area (Å²) in [6, 6.07) is 0. The average Bonchev–Trinajstić information content (AvgIpc) is 2.39. The van der Waals surface area contributed by atoms with E-state index in [1.165, 1.54) is 68.4 Å². The second-order valence-electron chi connectivity index (χ2n) is 5.04. The molecule has 0 unspecified atom stereocenters. The Kier molecular flexibility index (Phi) is 26.2. The van der Waals surface area contributed by atoms with Crippen LogP contribution in [0, 0.1) is 0 Å². The second-order valence-corrected chi connectivity index (χ2v) is 7.25. The first-order chi connectivity index (χ1) is 8.83. The molecule has 18 heavy (non-hydrogen) atoms. The van der Waals surface area contributed by atoms with E-state index in [1.54, 1.807) is 0 Å². The van der Waals surface area contributed by atoms with Crippen LogP contribution < -0.4 is 0 Å². The average molecular weight is 269 g/mol. The van der Waals surface area contributed by atoms with Gasteiger partial charge in [0.2, 0.25) is 0 Å². The van der Waals surface area contributed by atoms with E-state index in [0.717, 1.165) is 21.6 Å². The molecule has 0 aromatic heterocycles. The summed E-state index contributed by atoms with van der Waals surface area (Å²) >= 11 is 0.815. The number of nitrogens with one attached hydrogen (secondary N) is 1. The van der Waals surface area contributed by atoms with Crippen LogP contribution in [-0.2, 0) is 0 Å². The first-order valence-corrected chi connectivity index (χ1v) is 9.92. The summed E-state index contributed by atoms with van der Waals surface area (Å²) in [5.41, 5.74) is 7.00. The molecule has 0 aliphatic carbocycles. The third kappa shape index (κ3) is 25.4. The van der Waals surface area contributed by atoms with Crippen molar-refractivity contribution in [3.63, 3.8) is 0 Å². The van der Waals surface area contributed by atoms with Crippen molar-refractivity contribution >= 4 is 15.2 Å². The van der Waals surface area contributed by atoms with Gasteiger partial charge in [-0.05, 0) is 0 Å². The predicted octanol–water partition coefficient (Wildman–Crippen LogP) is 6.53. The normalized spacial score (nSPS) is 9.56. The molecular formula is C16H36AlN. The summed E-state index contributed by atoms with van der Waals surface area (Å²) in [6.07, 6.45) is 13.6. The standard InChI is InChI=1S/C12H26N.2C2H5.Al/c1-2-3-4-5-6-7-8-9-10-11-12-13;2*1-2;/h13H,2-12H2,1H3;2*1H2,2H3;/q-1;;;+1. The molecule has 0 aromatic rings. The van der Waals surface area contributed by atoms with E-state index in [2.05, 4.69) is 20.8 Å². The molecule has 0 rings (SSSR count). The molecule has 0 fully saturated rings. The van der Waals surface area contributed by atoms with Gasteiger partial charge in [-0.3, -0.25) is 0 Å². The van der Waals surface area contributed by atoms with Crippen LogP contribution in [0.15, 0.2) is 0 Å². The van der Waals surface area contributed by atoms with E-state index in [1.807, 2.05) is 0 Å². The van der Waals surface area contributed by atoms with Crippen molar-refractivity contribution in [2.75, 3.05) is 6.54 Å². The van der Waals surface area contributed by atoms with Crippen LogP contribution in [0.5, 0.6) is 0 Å². The Bertz CT molecular complexity index is 106. The van der Waals surface area contributed by atoms with Crippen molar-refractivity contribution in [3.8, 4) is 0 Å². The van der Waals surface area contributed by atoms with E-state index in [-0.39, 0.29) is 0 Å². The maximum atomic E-state index is 7.00. The first-order valence-electron chi connectivity index (χ1n) is 8.29. The third-order valence-corrected chi connectivity index (χ3v) is 4.26. The quantitative estimate of drug-likeness (QED) is 0.284. The van der Waals surface area contributed by atoms with Gasteiger partial charge in [0.25, 0.3) is 0 Å². The van der Waals surface area contributed by atoms with Gasteiger partial charge in [0.1, 0.15) is 0 Å². The van der Waals surface area contributed by atoms with Gasteiger partial charge >= 0.3 is 39.6 Å². The van der Waals surface area contributed by atoms with E-state index < -0.39 is 0 Å². The summed E-state index contributed by atoms with van der Waals surface area (Å²) in [4.78, 5) is 0. The SMILES string of the molecule is CCCCCCCCCCCC[NH-].C[CH2][Al+][CH2]C. The van der Waals surface area contributed by atoms with E-state index in [0.29, 0.717) is 6.54 Å². The Morgan fingerprint density at radius 2 is 1.00 bits per heavy atom. The fourth-order valence-corrected chi connectivity index (χ4v) is 2.48. The van der Waals surface area contributed by atoms with Crippen molar-refractivity contribution in [2.45, 2.75) is 95.5 Å². The Morgan fingerprint density at radius 1 is 0.611 bits per heavy atom. The molecular weight excluding hydrogens is 233 g/mol. The minimum absolute atomic E-state index is 0.622. The van der Waals surface area contributed by atoms with Crippen LogP contribution in [0.25, 0.3) is 5.73 Å². The van der Waals surface area contributed by atoms with E-state index in [4.69, 9.17) is 5.73 Å². The molecule has 1 N–H and O–H groups in total. The maximum absolute atomic E-state index is 7.00. The second kappa shape index (κ2) is 22.7. The number of unbranched alkanes of at least 4 members (excludes halogenated alkanes) is 9. The van der Waals surface area contributed by atoms with Crippen LogP contribution in [0.2, 0.25) is 10.6 Å². The topological polar surface area (TPSA) is 23.8 Å². The Balaban J connectivity index is 0. The first kappa shape index (κ1) is 20.8. The van der Waals surface area contributed by atoms with Crippen molar-refractivity contribution in [2.24, 2.45) is 0 Å². The van der Waals surface area contributed by atoms with Gasteiger partial charge in [0.15, 0.2) is 0 Å². The predicted molar refractivity (Wildman–Crippen MR) is 87.7 cm³/mol. The van der Waals surface area contributed by atoms with Crippen molar-refractivity contribution in [1.29, 1.82) is 0 Å². The Hall–Kier alpha value is 0.492. The zero-order chi connectivity index (χ0) is 13.9. The molecule has 0 aliphatic heterocycles. The number of rotatable bonds is 12. The van der Waals surface area contributed by atoms with Gasteiger partial charge in [0.05, 0.1) is 0 Å². The summed E-state index contributed by atoms with van der Waals surface area (Å²) in [5.74, 6) is 0. The molecule has 1 nitrogen and oxygen atoms in total. The Morgan fingerprint density at radius 3 is 1.28 bits per heavy atom. The van der Waals surface area contributed by atoms with Gasteiger partial charge in [0, 0.05) is 0 Å². The van der Waals surface area contributed by atoms with Gasteiger partial charge in [-0.25, -0.2) is 0 Å². The molecule has 0 saturated carbocycles. The van der Waals surface area contributed by atoms with Crippen LogP contribution in [-0.4, -0.2) is 21.8 Å². The van der Waals surface area contributed by atoms with Gasteiger partial charge in [-0.15, -0.1) is 0 Å². The van der Waals surface area contributed by atoms with Crippen LogP contribution in [0.4, 0.5) is 0 Å². The molecule has 0 heterocycles. The van der Waals surface area contributed by atoms with E-state index >= 15 is 0 Å². The van der Waals surface area contributed by atoms with Crippen LogP contribution in [0.1, 0.15) is 85.0 Å². The van der Waals surface area contributed by atoms with Gasteiger partial charge in [-0.1, -0.05) is 71.1 Å². The zero-order valence-electron chi connectivity index (χ0n) is 13.3.